The molecule has 0 saturated heterocycles. The van der Waals surface area contributed by atoms with Gasteiger partial charge in [0.15, 0.2) is 0 Å². The Hall–Kier alpha value is -4.32. The summed E-state index contributed by atoms with van der Waals surface area (Å²) < 4.78 is 19.0. The van der Waals surface area contributed by atoms with Crippen molar-refractivity contribution in [3.63, 3.8) is 0 Å². The van der Waals surface area contributed by atoms with Crippen molar-refractivity contribution >= 4 is 29.3 Å². The predicted molar refractivity (Wildman–Crippen MR) is 153 cm³/mol. The molecule has 0 aliphatic rings. The first-order valence-electron chi connectivity index (χ1n) is 13.1. The number of aromatic nitrogens is 3. The first-order chi connectivity index (χ1) is 19.2. The van der Waals surface area contributed by atoms with Gasteiger partial charge in [-0.05, 0) is 45.6 Å². The number of likely N-dealkylation sites (N-methyl/N-ethyl adjacent to an activating group) is 2. The topological polar surface area (TPSA) is 129 Å². The van der Waals surface area contributed by atoms with Crippen molar-refractivity contribution in [2.45, 2.75) is 32.7 Å². The fourth-order valence-electron chi connectivity index (χ4n) is 3.57. The first-order valence-corrected chi connectivity index (χ1v) is 13.1. The standard InChI is InChI=1S/C28H37FN8O3/c1-6-13-30-26-23(18-32-28(34-26)33-21-10-7-9-20(29)16-21)24-17-22(40-35-24)12-14-31-27(39)19(2)37(5)25(38)11-8-15-36(3)4/h7-11,16-19H,6,12-15H2,1-5H3,(H,31,39)(H2,30,32,33,34)/b11-8+/t19-/m0/s1. The predicted octanol–water partition coefficient (Wildman–Crippen LogP) is 3.46. The smallest absolute Gasteiger partial charge is 0.246 e. The van der Waals surface area contributed by atoms with E-state index >= 15 is 0 Å². The maximum atomic E-state index is 13.6. The minimum absolute atomic E-state index is 0.240. The molecule has 1 aromatic carbocycles. The van der Waals surface area contributed by atoms with Crippen LogP contribution in [0.3, 0.4) is 0 Å². The Morgan fingerprint density at radius 1 is 1.18 bits per heavy atom. The maximum absolute atomic E-state index is 13.6. The Kier molecular flexibility index (Phi) is 11.1. The van der Waals surface area contributed by atoms with E-state index in [9.17, 15) is 14.0 Å². The van der Waals surface area contributed by atoms with E-state index in [2.05, 4.69) is 31.1 Å². The SMILES string of the molecule is CCCNc1nc(Nc2cccc(F)c2)ncc1-c1cc(CCNC(=O)[C@H](C)N(C)C(=O)/C=C/CN(C)C)on1. The van der Waals surface area contributed by atoms with Crippen LogP contribution in [-0.4, -0.2) is 83.6 Å². The molecule has 40 heavy (non-hydrogen) atoms. The molecular weight excluding hydrogens is 515 g/mol. The number of nitrogens with zero attached hydrogens (tertiary/aromatic N) is 5. The lowest BCUT2D eigenvalue weighted by molar-refractivity contribution is -0.135. The van der Waals surface area contributed by atoms with Gasteiger partial charge < -0.3 is 30.3 Å². The van der Waals surface area contributed by atoms with Crippen molar-refractivity contribution < 1.29 is 18.5 Å². The number of hydrogen-bond acceptors (Lipinski definition) is 9. The summed E-state index contributed by atoms with van der Waals surface area (Å²) in [5.41, 5.74) is 1.72. The average Bonchev–Trinajstić information content (AvgIpc) is 3.39. The van der Waals surface area contributed by atoms with E-state index in [0.29, 0.717) is 60.5 Å². The molecule has 0 spiro atoms. The normalized spacial score (nSPS) is 12.0. The zero-order valence-electron chi connectivity index (χ0n) is 23.6. The molecule has 1 atom stereocenters. The summed E-state index contributed by atoms with van der Waals surface area (Å²) >= 11 is 0. The molecule has 2 amide bonds. The number of hydrogen-bond donors (Lipinski definition) is 3. The van der Waals surface area contributed by atoms with Crippen LogP contribution >= 0.6 is 0 Å². The molecule has 0 saturated carbocycles. The van der Waals surface area contributed by atoms with Crippen LogP contribution in [0.1, 0.15) is 26.0 Å². The lowest BCUT2D eigenvalue weighted by Gasteiger charge is -2.22. The van der Waals surface area contributed by atoms with Crippen molar-refractivity contribution in [3.8, 4) is 11.3 Å². The molecular formula is C28H37FN8O3. The molecule has 2 heterocycles. The van der Waals surface area contributed by atoms with Crippen LogP contribution in [0.5, 0.6) is 0 Å². The van der Waals surface area contributed by atoms with E-state index in [0.717, 1.165) is 6.42 Å². The first kappa shape index (κ1) is 30.2. The molecule has 214 valence electrons. The Morgan fingerprint density at radius 2 is 1.98 bits per heavy atom. The van der Waals surface area contributed by atoms with Gasteiger partial charge >= 0.3 is 0 Å². The molecule has 0 fully saturated rings. The number of carbonyl (C=O) groups excluding carboxylic acids is 2. The van der Waals surface area contributed by atoms with E-state index in [-0.39, 0.29) is 17.6 Å². The molecule has 3 aromatic rings. The average molecular weight is 553 g/mol. The molecule has 0 radical (unpaired) electrons. The number of benzene rings is 1. The molecule has 0 aliphatic carbocycles. The quantitative estimate of drug-likeness (QED) is 0.258. The highest BCUT2D eigenvalue weighted by atomic mass is 19.1. The van der Waals surface area contributed by atoms with Gasteiger partial charge in [-0.25, -0.2) is 9.37 Å². The van der Waals surface area contributed by atoms with Crippen LogP contribution in [0, 0.1) is 5.82 Å². The van der Waals surface area contributed by atoms with Gasteiger partial charge in [-0.15, -0.1) is 0 Å². The lowest BCUT2D eigenvalue weighted by Crippen LogP contribution is -2.45. The lowest BCUT2D eigenvalue weighted by atomic mass is 10.2. The minimum atomic E-state index is -0.634. The number of nitrogens with one attached hydrogen (secondary N) is 3. The second-order valence-electron chi connectivity index (χ2n) is 9.53. The van der Waals surface area contributed by atoms with Gasteiger partial charge in [-0.2, -0.15) is 4.98 Å². The molecule has 3 N–H and O–H groups in total. The third-order valence-corrected chi connectivity index (χ3v) is 5.96. The summed E-state index contributed by atoms with van der Waals surface area (Å²) in [5.74, 6) is 0.575. The molecule has 2 aromatic heterocycles. The van der Waals surface area contributed by atoms with E-state index in [4.69, 9.17) is 4.52 Å². The van der Waals surface area contributed by atoms with Gasteiger partial charge in [0, 0.05) is 57.1 Å². The van der Waals surface area contributed by atoms with Crippen LogP contribution in [0.25, 0.3) is 11.3 Å². The Balaban J connectivity index is 1.60. The van der Waals surface area contributed by atoms with E-state index in [1.54, 1.807) is 44.4 Å². The van der Waals surface area contributed by atoms with Gasteiger partial charge in [0.05, 0.1) is 5.56 Å². The van der Waals surface area contributed by atoms with Gasteiger partial charge in [0.1, 0.15) is 29.1 Å². The summed E-state index contributed by atoms with van der Waals surface area (Å²) in [5, 5.41) is 13.3. The summed E-state index contributed by atoms with van der Waals surface area (Å²) in [6.45, 7) is 5.35. The summed E-state index contributed by atoms with van der Waals surface area (Å²) in [6.07, 6.45) is 6.14. The third-order valence-electron chi connectivity index (χ3n) is 5.96. The van der Waals surface area contributed by atoms with E-state index < -0.39 is 6.04 Å². The number of anilines is 3. The Bertz CT molecular complexity index is 1310. The number of rotatable bonds is 14. The summed E-state index contributed by atoms with van der Waals surface area (Å²) in [4.78, 5) is 37.1. The highest BCUT2D eigenvalue weighted by molar-refractivity contribution is 5.92. The number of amides is 2. The minimum Gasteiger partial charge on any atom is -0.369 e. The van der Waals surface area contributed by atoms with Crippen LogP contribution in [0.15, 0.2) is 53.2 Å². The van der Waals surface area contributed by atoms with Crippen LogP contribution < -0.4 is 16.0 Å². The van der Waals surface area contributed by atoms with E-state index in [1.165, 1.54) is 23.1 Å². The molecule has 11 nitrogen and oxygen atoms in total. The second-order valence-corrected chi connectivity index (χ2v) is 9.53. The molecule has 0 unspecified atom stereocenters. The highest BCUT2D eigenvalue weighted by Gasteiger charge is 2.21. The second kappa shape index (κ2) is 14.7. The summed E-state index contributed by atoms with van der Waals surface area (Å²) in [6, 6.07) is 7.19. The van der Waals surface area contributed by atoms with Crippen molar-refractivity contribution in [2.75, 3.05) is 51.4 Å². The molecule has 0 bridgehead atoms. The third kappa shape index (κ3) is 8.87. The van der Waals surface area contributed by atoms with Crippen LogP contribution in [0.2, 0.25) is 0 Å². The highest BCUT2D eigenvalue weighted by Crippen LogP contribution is 2.27. The number of halogens is 1. The Morgan fingerprint density at radius 3 is 2.70 bits per heavy atom. The monoisotopic (exact) mass is 552 g/mol. The Labute approximate surface area is 233 Å². The fourth-order valence-corrected chi connectivity index (χ4v) is 3.57. The van der Waals surface area contributed by atoms with Gasteiger partial charge in [-0.3, -0.25) is 9.59 Å². The molecule has 3 rings (SSSR count). The van der Waals surface area contributed by atoms with Crippen molar-refractivity contribution in [1.29, 1.82) is 0 Å². The van der Waals surface area contributed by atoms with Crippen LogP contribution in [-0.2, 0) is 16.0 Å². The zero-order valence-corrected chi connectivity index (χ0v) is 23.6. The van der Waals surface area contributed by atoms with Gasteiger partial charge in [0.25, 0.3) is 0 Å². The fraction of sp³-hybridized carbons (Fsp3) is 0.393. The van der Waals surface area contributed by atoms with Crippen molar-refractivity contribution in [2.24, 2.45) is 0 Å². The molecule has 12 heteroatoms. The zero-order chi connectivity index (χ0) is 29.1. The molecule has 0 aliphatic heterocycles. The van der Waals surface area contributed by atoms with Crippen molar-refractivity contribution in [3.05, 3.63) is 60.3 Å². The van der Waals surface area contributed by atoms with Gasteiger partial charge in [-0.1, -0.05) is 24.2 Å². The largest absolute Gasteiger partial charge is 0.369 e. The van der Waals surface area contributed by atoms with Gasteiger partial charge in [0.2, 0.25) is 17.8 Å². The van der Waals surface area contributed by atoms with Crippen LogP contribution in [0.4, 0.5) is 21.8 Å². The number of carbonyl (C=O) groups is 2. The summed E-state index contributed by atoms with van der Waals surface area (Å²) in [7, 11) is 5.42. The van der Waals surface area contributed by atoms with Crippen molar-refractivity contribution in [1.82, 2.24) is 30.2 Å². The maximum Gasteiger partial charge on any atom is 0.246 e. The van der Waals surface area contributed by atoms with E-state index in [1.807, 2.05) is 25.9 Å².